The zero-order valence-electron chi connectivity index (χ0n) is 14.5. The zero-order valence-corrected chi connectivity index (χ0v) is 15.3. The Morgan fingerprint density at radius 3 is 2.56 bits per heavy atom. The number of halogens is 1. The number of ether oxygens (including phenoxy) is 1. The molecule has 0 unspecified atom stereocenters. The van der Waals surface area contributed by atoms with Crippen molar-refractivity contribution in [2.45, 2.75) is 12.8 Å². The summed E-state index contributed by atoms with van der Waals surface area (Å²) in [7, 11) is 0. The van der Waals surface area contributed by atoms with Gasteiger partial charge in [0, 0.05) is 13.1 Å². The predicted molar refractivity (Wildman–Crippen MR) is 98.9 cm³/mol. The number of benzene rings is 1. The molecule has 2 amide bonds. The monoisotopic (exact) mass is 390 g/mol. The van der Waals surface area contributed by atoms with E-state index in [2.05, 4.69) is 5.32 Å². The van der Waals surface area contributed by atoms with E-state index in [1.807, 2.05) is 11.4 Å². The van der Waals surface area contributed by atoms with Crippen molar-refractivity contribution in [3.63, 3.8) is 0 Å². The van der Waals surface area contributed by atoms with Gasteiger partial charge in [-0.1, -0.05) is 18.2 Å². The molecule has 3 rings (SSSR count). The molecular formula is C19H19FN2O4S. The maximum Gasteiger partial charge on any atom is 0.309 e. The molecule has 0 bridgehead atoms. The average Bonchev–Trinajstić information content (AvgIpc) is 3.22. The van der Waals surface area contributed by atoms with Gasteiger partial charge < -0.3 is 15.0 Å². The molecule has 142 valence electrons. The standard InChI is InChI=1S/C19H19FN2O4S/c20-14-4-1-2-5-15(14)21-17(23)12-26-19(25)13-7-9-22(10-8-13)18(24)16-6-3-11-27-16/h1-6,11,13H,7-10,12H2,(H,21,23). The SMILES string of the molecule is O=C(COC(=O)C1CCN(C(=O)c2cccs2)CC1)Nc1ccccc1F. The fraction of sp³-hybridized carbons (Fsp3) is 0.316. The van der Waals surface area contributed by atoms with E-state index < -0.39 is 24.3 Å². The lowest BCUT2D eigenvalue weighted by Crippen LogP contribution is -2.40. The van der Waals surface area contributed by atoms with Crippen LogP contribution in [0.5, 0.6) is 0 Å². The van der Waals surface area contributed by atoms with Gasteiger partial charge in [-0.15, -0.1) is 11.3 Å². The molecule has 0 atom stereocenters. The van der Waals surface area contributed by atoms with Gasteiger partial charge in [0.1, 0.15) is 5.82 Å². The maximum atomic E-state index is 13.5. The van der Waals surface area contributed by atoms with E-state index in [9.17, 15) is 18.8 Å². The van der Waals surface area contributed by atoms with E-state index >= 15 is 0 Å². The van der Waals surface area contributed by atoms with Crippen molar-refractivity contribution in [1.82, 2.24) is 4.90 Å². The summed E-state index contributed by atoms with van der Waals surface area (Å²) in [6.07, 6.45) is 0.982. The first-order valence-electron chi connectivity index (χ1n) is 8.58. The normalized spacial score (nSPS) is 14.6. The van der Waals surface area contributed by atoms with Gasteiger partial charge in [0.25, 0.3) is 11.8 Å². The van der Waals surface area contributed by atoms with Gasteiger partial charge in [-0.2, -0.15) is 0 Å². The molecule has 27 heavy (non-hydrogen) atoms. The summed E-state index contributed by atoms with van der Waals surface area (Å²) in [6, 6.07) is 9.37. The van der Waals surface area contributed by atoms with Gasteiger partial charge in [-0.3, -0.25) is 14.4 Å². The topological polar surface area (TPSA) is 75.7 Å². The Labute approximate surface area is 159 Å². The second-order valence-corrected chi connectivity index (χ2v) is 7.13. The van der Waals surface area contributed by atoms with Crippen LogP contribution < -0.4 is 5.32 Å². The number of para-hydroxylation sites is 1. The molecule has 1 saturated heterocycles. The lowest BCUT2D eigenvalue weighted by atomic mass is 9.97. The highest BCUT2D eigenvalue weighted by atomic mass is 32.1. The lowest BCUT2D eigenvalue weighted by molar-refractivity contribution is -0.152. The van der Waals surface area contributed by atoms with Gasteiger partial charge in [-0.25, -0.2) is 4.39 Å². The number of thiophene rings is 1. The minimum Gasteiger partial charge on any atom is -0.455 e. The molecule has 1 aliphatic heterocycles. The minimum absolute atomic E-state index is 0.0268. The molecule has 0 radical (unpaired) electrons. The van der Waals surface area contributed by atoms with Crippen molar-refractivity contribution < 1.29 is 23.5 Å². The number of hydrogen-bond donors (Lipinski definition) is 1. The zero-order chi connectivity index (χ0) is 19.2. The molecule has 0 saturated carbocycles. The van der Waals surface area contributed by atoms with Crippen LogP contribution >= 0.6 is 11.3 Å². The van der Waals surface area contributed by atoms with Crippen molar-refractivity contribution in [3.05, 3.63) is 52.5 Å². The second kappa shape index (κ2) is 8.77. The third-order valence-electron chi connectivity index (χ3n) is 4.34. The summed E-state index contributed by atoms with van der Waals surface area (Å²) in [5, 5.41) is 4.21. The number of esters is 1. The first-order chi connectivity index (χ1) is 13.0. The van der Waals surface area contributed by atoms with E-state index in [1.165, 1.54) is 29.5 Å². The third-order valence-corrected chi connectivity index (χ3v) is 5.20. The smallest absolute Gasteiger partial charge is 0.309 e. The first-order valence-corrected chi connectivity index (χ1v) is 9.46. The number of hydrogen-bond acceptors (Lipinski definition) is 5. The Morgan fingerprint density at radius 2 is 1.89 bits per heavy atom. The highest BCUT2D eigenvalue weighted by molar-refractivity contribution is 7.12. The number of nitrogens with one attached hydrogen (secondary N) is 1. The summed E-state index contributed by atoms with van der Waals surface area (Å²) < 4.78 is 18.5. The highest BCUT2D eigenvalue weighted by Gasteiger charge is 2.29. The average molecular weight is 390 g/mol. The fourth-order valence-corrected chi connectivity index (χ4v) is 3.57. The van der Waals surface area contributed by atoms with Crippen LogP contribution in [0.25, 0.3) is 0 Å². The van der Waals surface area contributed by atoms with Crippen molar-refractivity contribution in [3.8, 4) is 0 Å². The molecule has 1 aliphatic rings. The Balaban J connectivity index is 1.42. The number of carbonyl (C=O) groups excluding carboxylic acids is 3. The number of rotatable bonds is 5. The summed E-state index contributed by atoms with van der Waals surface area (Å²) in [5.41, 5.74) is 0.0407. The summed E-state index contributed by atoms with van der Waals surface area (Å²) >= 11 is 1.39. The number of carbonyl (C=O) groups is 3. The summed E-state index contributed by atoms with van der Waals surface area (Å²) in [6.45, 7) is 0.470. The van der Waals surface area contributed by atoms with Crippen LogP contribution in [0, 0.1) is 11.7 Å². The molecule has 0 spiro atoms. The number of likely N-dealkylation sites (tertiary alicyclic amines) is 1. The van der Waals surface area contributed by atoms with Crippen LogP contribution in [0.1, 0.15) is 22.5 Å². The first kappa shape index (κ1) is 19.0. The number of anilines is 1. The Kier molecular flexibility index (Phi) is 6.18. The maximum absolute atomic E-state index is 13.5. The third kappa shape index (κ3) is 4.91. The molecule has 8 heteroatoms. The van der Waals surface area contributed by atoms with Crippen molar-refractivity contribution in [2.24, 2.45) is 5.92 Å². The molecule has 6 nitrogen and oxygen atoms in total. The van der Waals surface area contributed by atoms with E-state index in [0.29, 0.717) is 30.8 Å². The van der Waals surface area contributed by atoms with Crippen LogP contribution in [-0.2, 0) is 14.3 Å². The quantitative estimate of drug-likeness (QED) is 0.797. The molecule has 1 fully saturated rings. The van der Waals surface area contributed by atoms with E-state index in [4.69, 9.17) is 4.74 Å². The fourth-order valence-electron chi connectivity index (χ4n) is 2.88. The lowest BCUT2D eigenvalue weighted by Gasteiger charge is -2.30. The summed E-state index contributed by atoms with van der Waals surface area (Å²) in [5.74, 6) is -2.00. The highest BCUT2D eigenvalue weighted by Crippen LogP contribution is 2.22. The van der Waals surface area contributed by atoms with Crippen molar-refractivity contribution >= 4 is 34.8 Å². The predicted octanol–water partition coefficient (Wildman–Crippen LogP) is 2.92. The molecular weight excluding hydrogens is 371 g/mol. The number of piperidine rings is 1. The van der Waals surface area contributed by atoms with Crippen molar-refractivity contribution in [2.75, 3.05) is 25.0 Å². The Morgan fingerprint density at radius 1 is 1.15 bits per heavy atom. The summed E-state index contributed by atoms with van der Waals surface area (Å²) in [4.78, 5) is 38.7. The van der Waals surface area contributed by atoms with Gasteiger partial charge in [0.2, 0.25) is 0 Å². The van der Waals surface area contributed by atoms with Crippen LogP contribution in [-0.4, -0.2) is 42.4 Å². The van der Waals surface area contributed by atoms with Crippen LogP contribution in [0.2, 0.25) is 0 Å². The van der Waals surface area contributed by atoms with Gasteiger partial charge in [0.15, 0.2) is 6.61 Å². The van der Waals surface area contributed by atoms with Gasteiger partial charge >= 0.3 is 5.97 Å². The van der Waals surface area contributed by atoms with E-state index in [-0.39, 0.29) is 17.5 Å². The van der Waals surface area contributed by atoms with Crippen molar-refractivity contribution in [1.29, 1.82) is 0 Å². The van der Waals surface area contributed by atoms with Gasteiger partial charge in [-0.05, 0) is 36.4 Å². The molecule has 2 aromatic rings. The van der Waals surface area contributed by atoms with Crippen LogP contribution in [0.4, 0.5) is 10.1 Å². The largest absolute Gasteiger partial charge is 0.455 e. The minimum atomic E-state index is -0.598. The second-order valence-electron chi connectivity index (χ2n) is 6.18. The van der Waals surface area contributed by atoms with Gasteiger partial charge in [0.05, 0.1) is 16.5 Å². The Bertz CT molecular complexity index is 817. The van der Waals surface area contributed by atoms with Crippen LogP contribution in [0.15, 0.2) is 41.8 Å². The molecule has 1 aromatic heterocycles. The Hall–Kier alpha value is -2.74. The van der Waals surface area contributed by atoms with E-state index in [1.54, 1.807) is 17.0 Å². The molecule has 1 aromatic carbocycles. The van der Waals surface area contributed by atoms with Crippen LogP contribution in [0.3, 0.4) is 0 Å². The molecule has 2 heterocycles. The number of nitrogens with zero attached hydrogens (tertiary/aromatic N) is 1. The number of amides is 2. The van der Waals surface area contributed by atoms with E-state index in [0.717, 1.165) is 0 Å². The molecule has 1 N–H and O–H groups in total. The molecule has 0 aliphatic carbocycles.